The van der Waals surface area contributed by atoms with E-state index in [-0.39, 0.29) is 18.9 Å². The average molecular weight is 330 g/mol. The number of amides is 4. The van der Waals surface area contributed by atoms with Crippen molar-refractivity contribution in [2.45, 2.75) is 31.3 Å². The van der Waals surface area contributed by atoms with E-state index in [0.29, 0.717) is 13.0 Å². The largest absolute Gasteiger partial charge is 0.370 e. The normalized spacial score (nSPS) is 24.4. The first-order valence-electron chi connectivity index (χ1n) is 8.19. The molecule has 7 nitrogen and oxygen atoms in total. The van der Waals surface area contributed by atoms with Crippen LogP contribution in [0.2, 0.25) is 0 Å². The van der Waals surface area contributed by atoms with Gasteiger partial charge in [0.1, 0.15) is 5.54 Å². The Bertz CT molecular complexity index is 648. The van der Waals surface area contributed by atoms with Gasteiger partial charge in [-0.15, -0.1) is 0 Å². The van der Waals surface area contributed by atoms with Gasteiger partial charge in [0, 0.05) is 26.1 Å². The predicted octanol–water partition coefficient (Wildman–Crippen LogP) is 0.448. The maximum Gasteiger partial charge on any atom is 0.325 e. The quantitative estimate of drug-likeness (QED) is 0.766. The molecule has 0 radical (unpaired) electrons. The molecular formula is C17H22N4O3. The Hall–Kier alpha value is -2.41. The van der Waals surface area contributed by atoms with Crippen molar-refractivity contribution in [2.24, 2.45) is 5.73 Å². The molecule has 4 amide bonds. The van der Waals surface area contributed by atoms with Gasteiger partial charge in [-0.3, -0.25) is 19.4 Å². The van der Waals surface area contributed by atoms with Crippen LogP contribution in [0.1, 0.15) is 24.8 Å². The van der Waals surface area contributed by atoms with Gasteiger partial charge in [0.05, 0.1) is 0 Å². The second-order valence-corrected chi connectivity index (χ2v) is 6.49. The molecular weight excluding hydrogens is 308 g/mol. The molecule has 0 bridgehead atoms. The molecule has 2 aliphatic heterocycles. The van der Waals surface area contributed by atoms with Gasteiger partial charge in [-0.1, -0.05) is 30.3 Å². The van der Waals surface area contributed by atoms with E-state index in [0.717, 1.165) is 24.4 Å². The van der Waals surface area contributed by atoms with E-state index in [2.05, 4.69) is 22.3 Å². The zero-order chi connectivity index (χ0) is 17.2. The zero-order valence-electron chi connectivity index (χ0n) is 13.5. The highest BCUT2D eigenvalue weighted by atomic mass is 16.2. The summed E-state index contributed by atoms with van der Waals surface area (Å²) < 4.78 is 0. The minimum absolute atomic E-state index is 0.0109. The molecule has 128 valence electrons. The minimum atomic E-state index is -0.873. The second-order valence-electron chi connectivity index (χ2n) is 6.49. The number of likely N-dealkylation sites (tertiary alicyclic amines) is 1. The van der Waals surface area contributed by atoms with Crippen LogP contribution in [0.25, 0.3) is 0 Å². The fourth-order valence-corrected chi connectivity index (χ4v) is 3.50. The number of hydrogen-bond acceptors (Lipinski definition) is 4. The number of primary amides is 1. The lowest BCUT2D eigenvalue weighted by atomic mass is 9.88. The van der Waals surface area contributed by atoms with Crippen LogP contribution in [0, 0.1) is 0 Å². The number of rotatable bonds is 5. The highest BCUT2D eigenvalue weighted by Gasteiger charge is 2.52. The Kier molecular flexibility index (Phi) is 4.53. The lowest BCUT2D eigenvalue weighted by molar-refractivity contribution is -0.133. The molecule has 1 unspecified atom stereocenters. The van der Waals surface area contributed by atoms with Crippen LogP contribution in [-0.2, 0) is 16.1 Å². The van der Waals surface area contributed by atoms with Crippen LogP contribution in [-0.4, -0.2) is 52.8 Å². The Balaban J connectivity index is 1.69. The highest BCUT2D eigenvalue weighted by molar-refractivity contribution is 6.07. The average Bonchev–Trinajstić information content (AvgIpc) is 2.77. The molecule has 3 rings (SSSR count). The number of piperidine rings is 1. The van der Waals surface area contributed by atoms with Gasteiger partial charge in [0.15, 0.2) is 0 Å². The van der Waals surface area contributed by atoms with E-state index in [1.54, 1.807) is 0 Å². The van der Waals surface area contributed by atoms with Gasteiger partial charge in [0.2, 0.25) is 5.91 Å². The molecule has 0 aromatic heterocycles. The number of hydrogen-bond donors (Lipinski definition) is 2. The topological polar surface area (TPSA) is 95.7 Å². The van der Waals surface area contributed by atoms with Crippen molar-refractivity contribution in [3.8, 4) is 0 Å². The molecule has 2 heterocycles. The number of carbonyl (C=O) groups excluding carboxylic acids is 3. The molecule has 7 heteroatoms. The summed E-state index contributed by atoms with van der Waals surface area (Å²) >= 11 is 0. The summed E-state index contributed by atoms with van der Waals surface area (Å²) in [6, 6.07) is 9.62. The summed E-state index contributed by atoms with van der Waals surface area (Å²) in [4.78, 5) is 39.2. The van der Waals surface area contributed by atoms with Crippen molar-refractivity contribution >= 4 is 17.8 Å². The first-order valence-corrected chi connectivity index (χ1v) is 8.19. The van der Waals surface area contributed by atoms with Gasteiger partial charge in [-0.05, 0) is 24.9 Å². The van der Waals surface area contributed by atoms with Crippen molar-refractivity contribution in [1.82, 2.24) is 15.1 Å². The first kappa shape index (κ1) is 16.4. The number of nitrogens with one attached hydrogen (secondary N) is 1. The van der Waals surface area contributed by atoms with Crippen molar-refractivity contribution in [2.75, 3.05) is 19.6 Å². The maximum atomic E-state index is 12.8. The van der Waals surface area contributed by atoms with E-state index in [1.165, 1.54) is 5.56 Å². The van der Waals surface area contributed by atoms with Gasteiger partial charge < -0.3 is 11.1 Å². The fraction of sp³-hybridized carbons (Fsp3) is 0.471. The standard InChI is InChI=1S/C17H22N4O3/c18-14(22)7-10-21-15(23)17(19-16(21)24)8-4-9-20(12-17)11-13-5-2-1-3-6-13/h1-3,5-6H,4,7-12H2,(H2,18,22)(H,19,24). The number of benzene rings is 1. The molecule has 1 aromatic carbocycles. The van der Waals surface area contributed by atoms with Gasteiger partial charge in [-0.25, -0.2) is 4.79 Å². The lowest BCUT2D eigenvalue weighted by Crippen LogP contribution is -2.58. The third-order valence-electron chi connectivity index (χ3n) is 4.65. The number of carbonyl (C=O) groups is 3. The number of imide groups is 1. The highest BCUT2D eigenvalue weighted by Crippen LogP contribution is 2.29. The number of urea groups is 1. The first-order chi connectivity index (χ1) is 11.5. The Labute approximate surface area is 140 Å². The van der Waals surface area contributed by atoms with Crippen molar-refractivity contribution in [3.05, 3.63) is 35.9 Å². The van der Waals surface area contributed by atoms with Crippen molar-refractivity contribution in [1.29, 1.82) is 0 Å². The van der Waals surface area contributed by atoms with Gasteiger partial charge in [-0.2, -0.15) is 0 Å². The summed E-state index contributed by atoms with van der Waals surface area (Å²) in [5, 5.41) is 2.85. The van der Waals surface area contributed by atoms with Crippen LogP contribution < -0.4 is 11.1 Å². The summed E-state index contributed by atoms with van der Waals surface area (Å²) in [5.41, 5.74) is 5.43. The monoisotopic (exact) mass is 330 g/mol. The van der Waals surface area contributed by atoms with Gasteiger partial charge >= 0.3 is 6.03 Å². The SMILES string of the molecule is NC(=O)CCN1C(=O)NC2(CCCN(Cc3ccccc3)C2)C1=O. The number of nitrogens with zero attached hydrogens (tertiary/aromatic N) is 2. The second kappa shape index (κ2) is 6.60. The molecule has 24 heavy (non-hydrogen) atoms. The maximum absolute atomic E-state index is 12.8. The number of nitrogens with two attached hydrogens (primary N) is 1. The summed E-state index contributed by atoms with van der Waals surface area (Å²) in [7, 11) is 0. The van der Waals surface area contributed by atoms with Crippen LogP contribution in [0.5, 0.6) is 0 Å². The Morgan fingerprint density at radius 3 is 2.71 bits per heavy atom. The van der Waals surface area contributed by atoms with Crippen molar-refractivity contribution < 1.29 is 14.4 Å². The smallest absolute Gasteiger partial charge is 0.325 e. The molecule has 2 aliphatic rings. The fourth-order valence-electron chi connectivity index (χ4n) is 3.50. The summed E-state index contributed by atoms with van der Waals surface area (Å²) in [6.45, 7) is 2.16. The molecule has 2 saturated heterocycles. The van der Waals surface area contributed by atoms with E-state index >= 15 is 0 Å². The molecule has 1 spiro atoms. The predicted molar refractivity (Wildman–Crippen MR) is 87.7 cm³/mol. The van der Waals surface area contributed by atoms with Crippen LogP contribution in [0.4, 0.5) is 4.79 Å². The molecule has 0 saturated carbocycles. The summed E-state index contributed by atoms with van der Waals surface area (Å²) in [6.07, 6.45) is 1.45. The lowest BCUT2D eigenvalue weighted by Gasteiger charge is -2.38. The molecule has 1 atom stereocenters. The van der Waals surface area contributed by atoms with E-state index < -0.39 is 17.5 Å². The summed E-state index contributed by atoms with van der Waals surface area (Å²) in [5.74, 6) is -0.766. The van der Waals surface area contributed by atoms with E-state index in [9.17, 15) is 14.4 Å². The molecule has 3 N–H and O–H groups in total. The molecule has 2 fully saturated rings. The minimum Gasteiger partial charge on any atom is -0.370 e. The van der Waals surface area contributed by atoms with Crippen LogP contribution >= 0.6 is 0 Å². The third kappa shape index (κ3) is 3.26. The Morgan fingerprint density at radius 2 is 2.00 bits per heavy atom. The molecule has 1 aromatic rings. The van der Waals surface area contributed by atoms with E-state index in [4.69, 9.17) is 5.73 Å². The zero-order valence-corrected chi connectivity index (χ0v) is 13.5. The van der Waals surface area contributed by atoms with Crippen molar-refractivity contribution in [3.63, 3.8) is 0 Å². The van der Waals surface area contributed by atoms with Crippen LogP contribution in [0.15, 0.2) is 30.3 Å². The van der Waals surface area contributed by atoms with E-state index in [1.807, 2.05) is 18.2 Å². The van der Waals surface area contributed by atoms with Gasteiger partial charge in [0.25, 0.3) is 5.91 Å². The van der Waals surface area contributed by atoms with Crippen LogP contribution in [0.3, 0.4) is 0 Å². The Morgan fingerprint density at radius 1 is 1.25 bits per heavy atom. The third-order valence-corrected chi connectivity index (χ3v) is 4.65. The molecule has 0 aliphatic carbocycles.